The average molecular weight is 252 g/mol. The highest BCUT2D eigenvalue weighted by atomic mass is 16.4. The van der Waals surface area contributed by atoms with Gasteiger partial charge in [-0.1, -0.05) is 0 Å². The van der Waals surface area contributed by atoms with Crippen LogP contribution in [0.5, 0.6) is 0 Å². The SMILES string of the molecule is CC(C)N(CC(=O)O)Cc1nnc2n1CCCC2. The van der Waals surface area contributed by atoms with Crippen LogP contribution < -0.4 is 0 Å². The van der Waals surface area contributed by atoms with E-state index < -0.39 is 5.97 Å². The molecule has 18 heavy (non-hydrogen) atoms. The third-order valence-corrected chi connectivity index (χ3v) is 3.35. The van der Waals surface area contributed by atoms with Gasteiger partial charge in [0.15, 0.2) is 0 Å². The summed E-state index contributed by atoms with van der Waals surface area (Å²) in [5.74, 6) is 1.12. The third-order valence-electron chi connectivity index (χ3n) is 3.35. The molecule has 2 heterocycles. The quantitative estimate of drug-likeness (QED) is 0.843. The highest BCUT2D eigenvalue weighted by Gasteiger charge is 2.20. The number of hydrogen-bond acceptors (Lipinski definition) is 4. The van der Waals surface area contributed by atoms with Gasteiger partial charge in [0.25, 0.3) is 0 Å². The van der Waals surface area contributed by atoms with E-state index in [0.29, 0.717) is 6.54 Å². The van der Waals surface area contributed by atoms with E-state index >= 15 is 0 Å². The van der Waals surface area contributed by atoms with Gasteiger partial charge in [-0.3, -0.25) is 9.69 Å². The fourth-order valence-electron chi connectivity index (χ4n) is 2.26. The van der Waals surface area contributed by atoms with Crippen LogP contribution >= 0.6 is 0 Å². The smallest absolute Gasteiger partial charge is 0.317 e. The van der Waals surface area contributed by atoms with E-state index in [1.807, 2.05) is 18.7 Å². The maximum absolute atomic E-state index is 10.8. The second-order valence-corrected chi connectivity index (χ2v) is 5.03. The van der Waals surface area contributed by atoms with E-state index in [-0.39, 0.29) is 12.6 Å². The second-order valence-electron chi connectivity index (χ2n) is 5.03. The van der Waals surface area contributed by atoms with E-state index in [0.717, 1.165) is 31.0 Å². The fraction of sp³-hybridized carbons (Fsp3) is 0.750. The van der Waals surface area contributed by atoms with Gasteiger partial charge in [0.1, 0.15) is 11.6 Å². The van der Waals surface area contributed by atoms with Crippen LogP contribution in [-0.2, 0) is 24.3 Å². The Balaban J connectivity index is 2.11. The van der Waals surface area contributed by atoms with Crippen LogP contribution in [-0.4, -0.2) is 43.3 Å². The van der Waals surface area contributed by atoms with E-state index in [2.05, 4.69) is 14.8 Å². The van der Waals surface area contributed by atoms with Crippen molar-refractivity contribution in [1.29, 1.82) is 0 Å². The molecule has 0 saturated heterocycles. The summed E-state index contributed by atoms with van der Waals surface area (Å²) < 4.78 is 2.14. The molecular formula is C12H20N4O2. The lowest BCUT2D eigenvalue weighted by molar-refractivity contribution is -0.139. The Morgan fingerprint density at radius 3 is 2.89 bits per heavy atom. The number of carboxylic acids is 1. The molecule has 1 aromatic heterocycles. The van der Waals surface area contributed by atoms with Gasteiger partial charge >= 0.3 is 5.97 Å². The van der Waals surface area contributed by atoms with Crippen LogP contribution in [0.2, 0.25) is 0 Å². The molecule has 2 rings (SSSR count). The van der Waals surface area contributed by atoms with E-state index in [1.165, 1.54) is 6.42 Å². The molecule has 1 N–H and O–H groups in total. The summed E-state index contributed by atoms with van der Waals surface area (Å²) in [5.41, 5.74) is 0. The van der Waals surface area contributed by atoms with Crippen LogP contribution in [0.25, 0.3) is 0 Å². The van der Waals surface area contributed by atoms with Gasteiger partial charge in [-0.2, -0.15) is 0 Å². The molecule has 0 atom stereocenters. The summed E-state index contributed by atoms with van der Waals surface area (Å²) in [4.78, 5) is 12.7. The van der Waals surface area contributed by atoms with Crippen molar-refractivity contribution in [2.24, 2.45) is 0 Å². The van der Waals surface area contributed by atoms with Gasteiger partial charge in [0.05, 0.1) is 13.1 Å². The van der Waals surface area contributed by atoms with Gasteiger partial charge in [-0.05, 0) is 26.7 Å². The summed E-state index contributed by atoms with van der Waals surface area (Å²) in [6.07, 6.45) is 3.30. The number of aryl methyl sites for hydroxylation is 1. The molecule has 1 aliphatic heterocycles. The highest BCUT2D eigenvalue weighted by molar-refractivity contribution is 5.69. The van der Waals surface area contributed by atoms with Crippen molar-refractivity contribution in [3.05, 3.63) is 11.6 Å². The number of aromatic nitrogens is 3. The number of carbonyl (C=O) groups is 1. The zero-order valence-corrected chi connectivity index (χ0v) is 11.0. The van der Waals surface area contributed by atoms with Crippen LogP contribution in [0, 0.1) is 0 Å². The topological polar surface area (TPSA) is 71.2 Å². The highest BCUT2D eigenvalue weighted by Crippen LogP contribution is 2.16. The molecule has 1 aliphatic rings. The number of nitrogens with zero attached hydrogens (tertiary/aromatic N) is 4. The molecule has 0 saturated carbocycles. The van der Waals surface area contributed by atoms with Crippen molar-refractivity contribution < 1.29 is 9.90 Å². The number of aliphatic carboxylic acids is 1. The van der Waals surface area contributed by atoms with Crippen molar-refractivity contribution in [2.45, 2.75) is 52.2 Å². The number of carboxylic acid groups (broad SMARTS) is 1. The molecular weight excluding hydrogens is 232 g/mol. The molecule has 1 aromatic rings. The van der Waals surface area contributed by atoms with Gasteiger partial charge in [0, 0.05) is 19.0 Å². The molecule has 100 valence electrons. The van der Waals surface area contributed by atoms with Gasteiger partial charge < -0.3 is 9.67 Å². The van der Waals surface area contributed by atoms with Crippen molar-refractivity contribution in [2.75, 3.05) is 6.54 Å². The Bertz CT molecular complexity index is 428. The van der Waals surface area contributed by atoms with Crippen molar-refractivity contribution in [3.8, 4) is 0 Å². The average Bonchev–Trinajstić information content (AvgIpc) is 2.71. The summed E-state index contributed by atoms with van der Waals surface area (Å²) in [6, 6.07) is 0.178. The normalized spacial score (nSPS) is 15.1. The first kappa shape index (κ1) is 13.0. The molecule has 0 fully saturated rings. The Kier molecular flexibility index (Phi) is 3.96. The van der Waals surface area contributed by atoms with E-state index in [1.54, 1.807) is 0 Å². The van der Waals surface area contributed by atoms with Crippen molar-refractivity contribution in [1.82, 2.24) is 19.7 Å². The molecule has 0 aliphatic carbocycles. The third kappa shape index (κ3) is 2.87. The lowest BCUT2D eigenvalue weighted by Gasteiger charge is -2.24. The van der Waals surface area contributed by atoms with Crippen LogP contribution in [0.1, 0.15) is 38.3 Å². The maximum atomic E-state index is 10.8. The van der Waals surface area contributed by atoms with Gasteiger partial charge in [0.2, 0.25) is 0 Å². The molecule has 0 aromatic carbocycles. The number of rotatable bonds is 5. The van der Waals surface area contributed by atoms with E-state index in [4.69, 9.17) is 5.11 Å². The lowest BCUT2D eigenvalue weighted by Crippen LogP contribution is -2.36. The molecule has 0 bridgehead atoms. The Hall–Kier alpha value is -1.43. The zero-order chi connectivity index (χ0) is 13.1. The maximum Gasteiger partial charge on any atom is 0.317 e. The van der Waals surface area contributed by atoms with Crippen LogP contribution in [0.4, 0.5) is 0 Å². The molecule has 0 amide bonds. The van der Waals surface area contributed by atoms with Crippen molar-refractivity contribution >= 4 is 5.97 Å². The van der Waals surface area contributed by atoms with E-state index in [9.17, 15) is 4.79 Å². The Labute approximate surface area is 107 Å². The number of hydrogen-bond donors (Lipinski definition) is 1. The summed E-state index contributed by atoms with van der Waals surface area (Å²) in [6.45, 7) is 5.54. The first-order valence-corrected chi connectivity index (χ1v) is 6.44. The second kappa shape index (κ2) is 5.48. The summed E-state index contributed by atoms with van der Waals surface area (Å²) >= 11 is 0. The molecule has 0 radical (unpaired) electrons. The minimum atomic E-state index is -0.804. The molecule has 6 nitrogen and oxygen atoms in total. The largest absolute Gasteiger partial charge is 0.480 e. The predicted molar refractivity (Wildman–Crippen MR) is 66.1 cm³/mol. The first-order valence-electron chi connectivity index (χ1n) is 6.44. The minimum Gasteiger partial charge on any atom is -0.480 e. The molecule has 6 heteroatoms. The van der Waals surface area contributed by atoms with Gasteiger partial charge in [-0.15, -0.1) is 10.2 Å². The summed E-state index contributed by atoms with van der Waals surface area (Å²) in [5, 5.41) is 17.3. The van der Waals surface area contributed by atoms with Crippen LogP contribution in [0.3, 0.4) is 0 Å². The summed E-state index contributed by atoms with van der Waals surface area (Å²) in [7, 11) is 0. The number of fused-ring (bicyclic) bond motifs is 1. The predicted octanol–water partition coefficient (Wildman–Crippen LogP) is 0.909. The molecule has 0 spiro atoms. The van der Waals surface area contributed by atoms with Crippen molar-refractivity contribution in [3.63, 3.8) is 0 Å². The Morgan fingerprint density at radius 1 is 1.44 bits per heavy atom. The monoisotopic (exact) mass is 252 g/mol. The fourth-order valence-corrected chi connectivity index (χ4v) is 2.26. The zero-order valence-electron chi connectivity index (χ0n) is 11.0. The lowest BCUT2D eigenvalue weighted by atomic mass is 10.1. The minimum absolute atomic E-state index is 0.0415. The standard InChI is InChI=1S/C12H20N4O2/c1-9(2)15(8-12(17)18)7-11-14-13-10-5-3-4-6-16(10)11/h9H,3-8H2,1-2H3,(H,17,18). The molecule has 0 unspecified atom stereocenters. The first-order chi connectivity index (χ1) is 8.58. The van der Waals surface area contributed by atoms with Gasteiger partial charge in [-0.25, -0.2) is 0 Å². The Morgan fingerprint density at radius 2 is 2.22 bits per heavy atom. The van der Waals surface area contributed by atoms with Crippen LogP contribution in [0.15, 0.2) is 0 Å².